The molecule has 0 aromatic carbocycles. The summed E-state index contributed by atoms with van der Waals surface area (Å²) < 4.78 is 4.79. The molecule has 0 amide bonds. The third-order valence-corrected chi connectivity index (χ3v) is 3.45. The lowest BCUT2D eigenvalue weighted by molar-refractivity contribution is -0.137. The Bertz CT molecular complexity index is 385. The molecule has 3 nitrogen and oxygen atoms in total. The van der Waals surface area contributed by atoms with Crippen LogP contribution in [0.5, 0.6) is 0 Å². The molecular weight excluding hydrogens is 234 g/mol. The van der Waals surface area contributed by atoms with E-state index in [1.165, 1.54) is 15.8 Å². The van der Waals surface area contributed by atoms with Crippen LogP contribution in [0.3, 0.4) is 0 Å². The Labute approximate surface area is 106 Å². The molecule has 0 bridgehead atoms. The van der Waals surface area contributed by atoms with Crippen molar-refractivity contribution in [1.82, 2.24) is 5.32 Å². The maximum atomic E-state index is 11.0. The molecule has 1 aromatic heterocycles. The maximum absolute atomic E-state index is 11.0. The van der Waals surface area contributed by atoms with Crippen molar-refractivity contribution in [2.24, 2.45) is 0 Å². The lowest BCUT2D eigenvalue weighted by atomic mass is 10.2. The number of hydrogen-bond donors (Lipinski definition) is 1. The number of aryl methyl sites for hydroxylation is 1. The first-order valence-electron chi connectivity index (χ1n) is 5.76. The van der Waals surface area contributed by atoms with Gasteiger partial charge in [0, 0.05) is 28.4 Å². The predicted octanol–water partition coefficient (Wildman–Crippen LogP) is 2.83. The van der Waals surface area contributed by atoms with Crippen molar-refractivity contribution >= 4 is 17.3 Å². The van der Waals surface area contributed by atoms with E-state index in [1.807, 2.05) is 0 Å². The zero-order valence-electron chi connectivity index (χ0n) is 10.5. The third kappa shape index (κ3) is 5.15. The fraction of sp³-hybridized carbons (Fsp3) is 0.462. The van der Waals surface area contributed by atoms with E-state index in [4.69, 9.17) is 4.74 Å². The zero-order chi connectivity index (χ0) is 12.7. The van der Waals surface area contributed by atoms with E-state index < -0.39 is 0 Å². The second kappa shape index (κ2) is 7.25. The normalized spacial score (nSPS) is 12.9. The number of ether oxygens (including phenoxy) is 1. The summed E-state index contributed by atoms with van der Waals surface area (Å²) in [6, 6.07) is 4.56. The molecule has 1 aromatic rings. The molecule has 1 heterocycles. The van der Waals surface area contributed by atoms with Gasteiger partial charge in [-0.3, -0.25) is 0 Å². The molecule has 4 heteroatoms. The quantitative estimate of drug-likeness (QED) is 0.626. The molecule has 1 unspecified atom stereocenters. The van der Waals surface area contributed by atoms with Gasteiger partial charge in [0.1, 0.15) is 0 Å². The monoisotopic (exact) mass is 253 g/mol. The van der Waals surface area contributed by atoms with Crippen LogP contribution in [0.25, 0.3) is 0 Å². The van der Waals surface area contributed by atoms with Gasteiger partial charge in [-0.25, -0.2) is 4.79 Å². The van der Waals surface area contributed by atoms with Crippen LogP contribution < -0.4 is 5.32 Å². The van der Waals surface area contributed by atoms with E-state index in [0.717, 1.165) is 0 Å². The Morgan fingerprint density at radius 1 is 1.59 bits per heavy atom. The molecule has 0 fully saturated rings. The smallest absolute Gasteiger partial charge is 0.330 e. The van der Waals surface area contributed by atoms with Gasteiger partial charge in [0.05, 0.1) is 6.61 Å². The average molecular weight is 253 g/mol. The predicted molar refractivity (Wildman–Crippen MR) is 71.2 cm³/mol. The fourth-order valence-electron chi connectivity index (χ4n) is 1.38. The summed E-state index contributed by atoms with van der Waals surface area (Å²) in [6.45, 7) is 7.09. The first-order valence-corrected chi connectivity index (χ1v) is 6.58. The van der Waals surface area contributed by atoms with E-state index in [9.17, 15) is 4.79 Å². The molecule has 0 radical (unpaired) electrons. The second-order valence-electron chi connectivity index (χ2n) is 3.73. The lowest BCUT2D eigenvalue weighted by Crippen LogP contribution is -2.17. The van der Waals surface area contributed by atoms with Gasteiger partial charge in [-0.15, -0.1) is 11.3 Å². The first-order chi connectivity index (χ1) is 8.13. The summed E-state index contributed by atoms with van der Waals surface area (Å²) in [7, 11) is 0. The van der Waals surface area contributed by atoms with Crippen molar-refractivity contribution in [3.63, 3.8) is 0 Å². The Kier molecular flexibility index (Phi) is 5.94. The molecule has 0 aliphatic carbocycles. The van der Waals surface area contributed by atoms with Crippen LogP contribution in [0.1, 0.15) is 29.6 Å². The van der Waals surface area contributed by atoms with E-state index >= 15 is 0 Å². The molecule has 17 heavy (non-hydrogen) atoms. The molecule has 0 aliphatic rings. The highest BCUT2D eigenvalue weighted by atomic mass is 32.1. The molecular formula is C13H19NO2S. The number of hydrogen-bond acceptors (Lipinski definition) is 4. The van der Waals surface area contributed by atoms with Crippen molar-refractivity contribution in [2.45, 2.75) is 26.8 Å². The molecule has 94 valence electrons. The van der Waals surface area contributed by atoms with Gasteiger partial charge in [0.2, 0.25) is 0 Å². The first kappa shape index (κ1) is 13.9. The number of rotatable bonds is 6. The topological polar surface area (TPSA) is 38.3 Å². The summed E-state index contributed by atoms with van der Waals surface area (Å²) in [5.41, 5.74) is 0. The fourth-order valence-corrected chi connectivity index (χ4v) is 2.28. The van der Waals surface area contributed by atoms with Gasteiger partial charge in [-0.1, -0.05) is 6.08 Å². The van der Waals surface area contributed by atoms with Crippen LogP contribution in [0.2, 0.25) is 0 Å². The van der Waals surface area contributed by atoms with Crippen LogP contribution in [0.15, 0.2) is 24.3 Å². The average Bonchev–Trinajstić information content (AvgIpc) is 2.71. The minimum atomic E-state index is -0.283. The Balaban J connectivity index is 2.29. The van der Waals surface area contributed by atoms with Crippen LogP contribution in [0.4, 0.5) is 0 Å². The molecule has 0 saturated heterocycles. The second-order valence-corrected chi connectivity index (χ2v) is 5.05. The van der Waals surface area contributed by atoms with Crippen LogP contribution >= 0.6 is 11.3 Å². The van der Waals surface area contributed by atoms with Crippen molar-refractivity contribution < 1.29 is 9.53 Å². The molecule has 0 spiro atoms. The van der Waals surface area contributed by atoms with Gasteiger partial charge in [-0.05, 0) is 32.9 Å². The number of carbonyl (C=O) groups excluding carboxylic acids is 1. The standard InChI is InChI=1S/C13H19NO2S/c1-4-16-13(15)6-5-9-14-11(3)12-8-7-10(2)17-12/h5-8,11,14H,4,9H2,1-3H3/b6-5+. The molecule has 0 saturated carbocycles. The highest BCUT2D eigenvalue weighted by molar-refractivity contribution is 7.12. The number of esters is 1. The summed E-state index contributed by atoms with van der Waals surface area (Å²) in [4.78, 5) is 13.7. The Morgan fingerprint density at radius 3 is 2.94 bits per heavy atom. The Morgan fingerprint density at radius 2 is 2.35 bits per heavy atom. The minimum Gasteiger partial charge on any atom is -0.463 e. The molecule has 1 atom stereocenters. The van der Waals surface area contributed by atoms with Gasteiger partial charge in [0.15, 0.2) is 0 Å². The lowest BCUT2D eigenvalue weighted by Gasteiger charge is -2.09. The van der Waals surface area contributed by atoms with E-state index in [1.54, 1.807) is 24.3 Å². The Hall–Kier alpha value is -1.13. The molecule has 1 rings (SSSR count). The maximum Gasteiger partial charge on any atom is 0.330 e. The minimum absolute atomic E-state index is 0.283. The van der Waals surface area contributed by atoms with Gasteiger partial charge < -0.3 is 10.1 Å². The summed E-state index contributed by atoms with van der Waals surface area (Å²) in [5.74, 6) is -0.283. The van der Waals surface area contributed by atoms with Crippen molar-refractivity contribution in [2.75, 3.05) is 13.2 Å². The SMILES string of the molecule is CCOC(=O)/C=C/CNC(C)c1ccc(C)s1. The van der Waals surface area contributed by atoms with E-state index in [-0.39, 0.29) is 5.97 Å². The third-order valence-electron chi connectivity index (χ3n) is 2.27. The van der Waals surface area contributed by atoms with E-state index in [0.29, 0.717) is 19.2 Å². The van der Waals surface area contributed by atoms with Crippen LogP contribution in [-0.2, 0) is 9.53 Å². The number of nitrogens with one attached hydrogen (secondary N) is 1. The largest absolute Gasteiger partial charge is 0.463 e. The summed E-state index contributed by atoms with van der Waals surface area (Å²) in [5, 5.41) is 3.33. The summed E-state index contributed by atoms with van der Waals surface area (Å²) >= 11 is 1.79. The number of carbonyl (C=O) groups is 1. The van der Waals surface area contributed by atoms with Crippen molar-refractivity contribution in [3.8, 4) is 0 Å². The van der Waals surface area contributed by atoms with Crippen molar-refractivity contribution in [3.05, 3.63) is 34.0 Å². The summed E-state index contributed by atoms with van der Waals surface area (Å²) in [6.07, 6.45) is 3.25. The van der Waals surface area contributed by atoms with Crippen LogP contribution in [-0.4, -0.2) is 19.1 Å². The van der Waals surface area contributed by atoms with Gasteiger partial charge in [0.25, 0.3) is 0 Å². The van der Waals surface area contributed by atoms with Crippen LogP contribution in [0, 0.1) is 6.92 Å². The van der Waals surface area contributed by atoms with Gasteiger partial charge >= 0.3 is 5.97 Å². The highest BCUT2D eigenvalue weighted by Gasteiger charge is 2.05. The number of thiophene rings is 1. The van der Waals surface area contributed by atoms with Crippen molar-refractivity contribution in [1.29, 1.82) is 0 Å². The molecule has 0 aliphatic heterocycles. The zero-order valence-corrected chi connectivity index (χ0v) is 11.3. The highest BCUT2D eigenvalue weighted by Crippen LogP contribution is 2.21. The van der Waals surface area contributed by atoms with Gasteiger partial charge in [-0.2, -0.15) is 0 Å². The van der Waals surface area contributed by atoms with E-state index in [2.05, 4.69) is 31.3 Å². The molecule has 1 N–H and O–H groups in total.